The molecule has 39 heavy (non-hydrogen) atoms. The van der Waals surface area contributed by atoms with E-state index in [1.807, 2.05) is 0 Å². The van der Waals surface area contributed by atoms with E-state index in [0.29, 0.717) is 19.6 Å². The van der Waals surface area contributed by atoms with Crippen molar-refractivity contribution in [2.24, 2.45) is 0 Å². The number of hydrogen-bond acceptors (Lipinski definition) is 6. The average molecular weight is 557 g/mol. The second-order valence-corrected chi connectivity index (χ2v) is 10.4. The van der Waals surface area contributed by atoms with Gasteiger partial charge < -0.3 is 25.2 Å². The van der Waals surface area contributed by atoms with Crippen molar-refractivity contribution in [3.8, 4) is 0 Å². The van der Waals surface area contributed by atoms with Crippen LogP contribution >= 0.6 is 0 Å². The van der Waals surface area contributed by atoms with E-state index in [4.69, 9.17) is 9.47 Å². The first-order valence-electron chi connectivity index (χ1n) is 15.3. The highest BCUT2D eigenvalue weighted by atomic mass is 16.5. The van der Waals surface area contributed by atoms with Crippen molar-refractivity contribution >= 4 is 23.6 Å². The Balaban J connectivity index is 3.68. The summed E-state index contributed by atoms with van der Waals surface area (Å²) in [6, 6.07) is -1.07. The van der Waals surface area contributed by atoms with Crippen LogP contribution in [0.25, 0.3) is 0 Å². The minimum Gasteiger partial charge on any atom is -0.480 e. The lowest BCUT2D eigenvalue weighted by atomic mass is 10.0. The number of nitrogens with one attached hydrogen (secondary N) is 2. The summed E-state index contributed by atoms with van der Waals surface area (Å²) < 4.78 is 10.3. The van der Waals surface area contributed by atoms with Gasteiger partial charge in [0.25, 0.3) is 0 Å². The fraction of sp³-hybridized carbons (Fsp3) is 0.867. The van der Waals surface area contributed by atoms with E-state index in [2.05, 4.69) is 17.6 Å². The smallest absolute Gasteiger partial charge is 0.326 e. The molecular formula is C30H56N2O7. The van der Waals surface area contributed by atoms with Crippen molar-refractivity contribution in [1.82, 2.24) is 10.6 Å². The first-order valence-corrected chi connectivity index (χ1v) is 15.3. The molecule has 0 unspecified atom stereocenters. The molecule has 0 heterocycles. The number of ketones is 1. The van der Waals surface area contributed by atoms with Crippen LogP contribution in [-0.2, 0) is 28.7 Å². The predicted molar refractivity (Wildman–Crippen MR) is 154 cm³/mol. The molecule has 228 valence electrons. The highest BCUT2D eigenvalue weighted by molar-refractivity contribution is 5.84. The van der Waals surface area contributed by atoms with Gasteiger partial charge in [0.2, 0.25) is 11.8 Å². The van der Waals surface area contributed by atoms with Gasteiger partial charge in [-0.1, -0.05) is 96.8 Å². The molecule has 0 spiro atoms. The van der Waals surface area contributed by atoms with E-state index in [9.17, 15) is 24.3 Å². The van der Waals surface area contributed by atoms with Crippen LogP contribution in [0.2, 0.25) is 0 Å². The van der Waals surface area contributed by atoms with Crippen molar-refractivity contribution in [1.29, 1.82) is 0 Å². The summed E-state index contributed by atoms with van der Waals surface area (Å²) >= 11 is 0. The van der Waals surface area contributed by atoms with Crippen LogP contribution < -0.4 is 10.6 Å². The molecule has 0 aromatic carbocycles. The second kappa shape index (κ2) is 27.6. The van der Waals surface area contributed by atoms with Gasteiger partial charge in [0.1, 0.15) is 12.6 Å². The number of hydrogen-bond donors (Lipinski definition) is 3. The first kappa shape index (κ1) is 37.0. The molecule has 2 amide bonds. The summed E-state index contributed by atoms with van der Waals surface area (Å²) in [6.07, 6.45) is 19.1. The zero-order chi connectivity index (χ0) is 29.0. The number of carboxylic acid groups (broad SMARTS) is 1. The third kappa shape index (κ3) is 27.4. The molecular weight excluding hydrogens is 500 g/mol. The van der Waals surface area contributed by atoms with Crippen molar-refractivity contribution in [2.45, 2.75) is 135 Å². The molecule has 0 saturated carbocycles. The summed E-state index contributed by atoms with van der Waals surface area (Å²) in [5.74, 6) is -1.77. The van der Waals surface area contributed by atoms with Gasteiger partial charge in [0.05, 0.1) is 19.8 Å². The maximum atomic E-state index is 12.2. The lowest BCUT2D eigenvalue weighted by molar-refractivity contribution is -0.142. The lowest BCUT2D eigenvalue weighted by Crippen LogP contribution is -2.41. The number of ether oxygens (including phenoxy) is 2. The van der Waals surface area contributed by atoms with Crippen LogP contribution in [-0.4, -0.2) is 67.7 Å². The lowest BCUT2D eigenvalue weighted by Gasteiger charge is -2.14. The summed E-state index contributed by atoms with van der Waals surface area (Å²) in [5.41, 5.74) is 0. The van der Waals surface area contributed by atoms with Crippen molar-refractivity contribution in [3.05, 3.63) is 0 Å². The Morgan fingerprint density at radius 3 is 1.69 bits per heavy atom. The van der Waals surface area contributed by atoms with E-state index >= 15 is 0 Å². The van der Waals surface area contributed by atoms with Crippen LogP contribution in [0.15, 0.2) is 0 Å². The topological polar surface area (TPSA) is 131 Å². The van der Waals surface area contributed by atoms with Gasteiger partial charge in [0, 0.05) is 19.4 Å². The van der Waals surface area contributed by atoms with Crippen molar-refractivity contribution < 1.29 is 33.8 Å². The highest BCUT2D eigenvalue weighted by Gasteiger charge is 2.20. The maximum Gasteiger partial charge on any atom is 0.326 e. The fourth-order valence-electron chi connectivity index (χ4n) is 4.24. The number of Topliss-reactive ketones (excluding diaryl/α,β-unsaturated/α-hetero) is 1. The Morgan fingerprint density at radius 1 is 0.667 bits per heavy atom. The Kier molecular flexibility index (Phi) is 26.1. The standard InChI is InChI=1S/C30H56N2O7/c1-3-4-5-6-7-8-9-10-11-12-13-14-15-16-17-18-29(35)32-27(30(36)37)19-20-28(34)31-21-22-38-23-24-39-25-26(2)33/h27H,3-25H2,1-2H3,(H,31,34)(H,32,35)(H,36,37)/t27-/m0/s1. The number of unbranched alkanes of at least 4 members (excludes halogenated alkanes) is 14. The molecule has 9 nitrogen and oxygen atoms in total. The quantitative estimate of drug-likeness (QED) is 0.106. The van der Waals surface area contributed by atoms with Gasteiger partial charge in [0.15, 0.2) is 5.78 Å². The molecule has 0 fully saturated rings. The van der Waals surface area contributed by atoms with Crippen molar-refractivity contribution in [3.63, 3.8) is 0 Å². The molecule has 3 N–H and O–H groups in total. The van der Waals surface area contributed by atoms with Gasteiger partial charge in [-0.15, -0.1) is 0 Å². The molecule has 0 bridgehead atoms. The van der Waals surface area contributed by atoms with Crippen LogP contribution in [0.5, 0.6) is 0 Å². The van der Waals surface area contributed by atoms with Gasteiger partial charge in [-0.05, 0) is 19.8 Å². The number of carbonyl (C=O) groups excluding carboxylic acids is 3. The number of carboxylic acids is 1. The van der Waals surface area contributed by atoms with E-state index in [-0.39, 0.29) is 50.2 Å². The number of carbonyl (C=O) groups is 4. The van der Waals surface area contributed by atoms with Crippen LogP contribution in [0, 0.1) is 0 Å². The molecule has 0 aliphatic carbocycles. The normalized spacial score (nSPS) is 11.7. The number of aliphatic carboxylic acids is 1. The third-order valence-corrected chi connectivity index (χ3v) is 6.55. The van der Waals surface area contributed by atoms with E-state index < -0.39 is 12.0 Å². The molecule has 0 rings (SSSR count). The van der Waals surface area contributed by atoms with Gasteiger partial charge in [-0.2, -0.15) is 0 Å². The molecule has 0 saturated heterocycles. The second-order valence-electron chi connectivity index (χ2n) is 10.4. The first-order chi connectivity index (χ1) is 18.9. The van der Waals surface area contributed by atoms with Crippen LogP contribution in [0.3, 0.4) is 0 Å². The monoisotopic (exact) mass is 556 g/mol. The molecule has 9 heteroatoms. The molecule has 0 aliphatic rings. The average Bonchev–Trinajstić information content (AvgIpc) is 2.89. The molecule has 0 aromatic rings. The molecule has 1 atom stereocenters. The summed E-state index contributed by atoms with van der Waals surface area (Å²) in [5, 5.41) is 14.6. The third-order valence-electron chi connectivity index (χ3n) is 6.55. The minimum absolute atomic E-state index is 0.00206. The molecule has 0 aliphatic heterocycles. The zero-order valence-electron chi connectivity index (χ0n) is 24.7. The predicted octanol–water partition coefficient (Wildman–Crippen LogP) is 5.34. The Hall–Kier alpha value is -2.00. The van der Waals surface area contributed by atoms with E-state index in [0.717, 1.165) is 19.3 Å². The van der Waals surface area contributed by atoms with E-state index in [1.54, 1.807) is 0 Å². The van der Waals surface area contributed by atoms with Gasteiger partial charge in [-0.3, -0.25) is 14.4 Å². The Labute approximate surface area is 236 Å². The van der Waals surface area contributed by atoms with Gasteiger partial charge >= 0.3 is 5.97 Å². The van der Waals surface area contributed by atoms with Gasteiger partial charge in [-0.25, -0.2) is 4.79 Å². The molecule has 0 radical (unpaired) electrons. The Morgan fingerprint density at radius 2 is 1.18 bits per heavy atom. The van der Waals surface area contributed by atoms with Crippen LogP contribution in [0.1, 0.15) is 129 Å². The SMILES string of the molecule is CCCCCCCCCCCCCCCCCC(=O)N[C@@H](CCC(=O)NCCOCCOCC(C)=O)C(=O)O. The number of rotatable bonds is 29. The number of amides is 2. The summed E-state index contributed by atoms with van der Waals surface area (Å²) in [4.78, 5) is 46.4. The largest absolute Gasteiger partial charge is 0.480 e. The molecule has 0 aromatic heterocycles. The Bertz CT molecular complexity index is 643. The summed E-state index contributed by atoms with van der Waals surface area (Å²) in [7, 11) is 0. The van der Waals surface area contributed by atoms with Crippen LogP contribution in [0.4, 0.5) is 0 Å². The maximum absolute atomic E-state index is 12.2. The highest BCUT2D eigenvalue weighted by Crippen LogP contribution is 2.13. The van der Waals surface area contributed by atoms with Crippen molar-refractivity contribution in [2.75, 3.05) is 33.0 Å². The summed E-state index contributed by atoms with van der Waals surface area (Å²) in [6.45, 7) is 4.94. The fourth-order valence-corrected chi connectivity index (χ4v) is 4.24. The minimum atomic E-state index is -1.14. The zero-order valence-corrected chi connectivity index (χ0v) is 24.7. The van der Waals surface area contributed by atoms with E-state index in [1.165, 1.54) is 84.0 Å².